The number of hydrogen-bond acceptors (Lipinski definition) is 0. The normalized spacial score (nSPS) is 15.0. The molecule has 0 saturated carbocycles. The van der Waals surface area contributed by atoms with Crippen molar-refractivity contribution >= 4 is 0 Å². The highest BCUT2D eigenvalue weighted by molar-refractivity contribution is 4.61. The number of rotatable bonds is 2. The molecule has 1 unspecified atom stereocenters. The van der Waals surface area contributed by atoms with E-state index in [2.05, 4.69) is 27.7 Å². The summed E-state index contributed by atoms with van der Waals surface area (Å²) in [6.07, 6.45) is 1.21. The average Bonchev–Trinajstić information content (AvgIpc) is 1.65. The zero-order valence-corrected chi connectivity index (χ0v) is 5.57. The largest absolute Gasteiger partial charge is 0.340 e. The van der Waals surface area contributed by atoms with Crippen molar-refractivity contribution in [2.75, 3.05) is 0 Å². The van der Waals surface area contributed by atoms with Gasteiger partial charge in [0.2, 0.25) is 0 Å². The van der Waals surface area contributed by atoms with E-state index in [9.17, 15) is 0 Å². The van der Waals surface area contributed by atoms with Gasteiger partial charge in [0.15, 0.2) is 0 Å². The van der Waals surface area contributed by atoms with Crippen LogP contribution in [0.3, 0.4) is 0 Å². The molecular formula is C7H15-. The van der Waals surface area contributed by atoms with Crippen molar-refractivity contribution < 1.29 is 0 Å². The van der Waals surface area contributed by atoms with Gasteiger partial charge >= 0.3 is 0 Å². The van der Waals surface area contributed by atoms with Gasteiger partial charge in [-0.1, -0.05) is 33.1 Å². The molecule has 0 heterocycles. The second-order valence-electron chi connectivity index (χ2n) is 2.41. The third kappa shape index (κ3) is 2.67. The van der Waals surface area contributed by atoms with Gasteiger partial charge in [-0.3, -0.25) is 0 Å². The van der Waals surface area contributed by atoms with Crippen LogP contribution in [0.1, 0.15) is 27.2 Å². The summed E-state index contributed by atoms with van der Waals surface area (Å²) in [6.45, 7) is 10.6. The van der Waals surface area contributed by atoms with Crippen molar-refractivity contribution in [1.82, 2.24) is 0 Å². The molecule has 0 aromatic rings. The second-order valence-corrected chi connectivity index (χ2v) is 2.41. The van der Waals surface area contributed by atoms with E-state index in [1.807, 2.05) is 0 Å². The quantitative estimate of drug-likeness (QED) is 0.466. The Balaban J connectivity index is 3.14. The van der Waals surface area contributed by atoms with E-state index >= 15 is 0 Å². The van der Waals surface area contributed by atoms with E-state index in [-0.39, 0.29) is 0 Å². The fraction of sp³-hybridized carbons (Fsp3) is 0.857. The maximum atomic E-state index is 3.96. The lowest BCUT2D eigenvalue weighted by Gasteiger charge is -2.18. The second kappa shape index (κ2) is 3.06. The van der Waals surface area contributed by atoms with Crippen LogP contribution in [-0.4, -0.2) is 0 Å². The maximum Gasteiger partial charge on any atom is -0.0650 e. The molecule has 0 aromatic heterocycles. The average molecular weight is 99.2 g/mol. The molecule has 0 bridgehead atoms. The fourth-order valence-electron chi connectivity index (χ4n) is 0.471. The first-order valence-corrected chi connectivity index (χ1v) is 3.01. The molecular weight excluding hydrogens is 84.1 g/mol. The van der Waals surface area contributed by atoms with Gasteiger partial charge in [0.05, 0.1) is 0 Å². The first-order chi connectivity index (χ1) is 3.18. The molecule has 0 nitrogen and oxygen atoms in total. The van der Waals surface area contributed by atoms with Gasteiger partial charge in [-0.15, -0.1) is 0 Å². The Kier molecular flexibility index (Phi) is 3.06. The van der Waals surface area contributed by atoms with Gasteiger partial charge in [-0.05, 0) is 0 Å². The molecule has 0 aliphatic rings. The Morgan fingerprint density at radius 2 is 1.86 bits per heavy atom. The molecule has 0 heteroatoms. The summed E-state index contributed by atoms with van der Waals surface area (Å²) >= 11 is 0. The molecule has 44 valence electrons. The van der Waals surface area contributed by atoms with Crippen LogP contribution in [0.4, 0.5) is 0 Å². The highest BCUT2D eigenvalue weighted by Gasteiger charge is 1.93. The fourth-order valence-corrected chi connectivity index (χ4v) is 0.471. The lowest BCUT2D eigenvalue weighted by atomic mass is 9.96. The minimum absolute atomic E-state index is 0.653. The van der Waals surface area contributed by atoms with Gasteiger partial charge in [0, 0.05) is 0 Å². The predicted octanol–water partition coefficient (Wildman–Crippen LogP) is 2.50. The minimum Gasteiger partial charge on any atom is -0.340 e. The molecule has 7 heavy (non-hydrogen) atoms. The van der Waals surface area contributed by atoms with Gasteiger partial charge in [-0.25, -0.2) is 0 Å². The molecule has 0 aliphatic heterocycles. The topological polar surface area (TPSA) is 0 Å². The molecule has 1 atom stereocenters. The molecule has 0 aromatic carbocycles. The van der Waals surface area contributed by atoms with Crippen LogP contribution in [0, 0.1) is 18.8 Å². The summed E-state index contributed by atoms with van der Waals surface area (Å²) < 4.78 is 0. The van der Waals surface area contributed by atoms with Crippen LogP contribution in [0.5, 0.6) is 0 Å². The van der Waals surface area contributed by atoms with Gasteiger partial charge in [0.1, 0.15) is 0 Å². The van der Waals surface area contributed by atoms with E-state index in [4.69, 9.17) is 0 Å². The zero-order chi connectivity index (χ0) is 5.86. The SMILES string of the molecule is [CH2-]C(CC)C(C)C. The molecule has 0 fully saturated rings. The first kappa shape index (κ1) is 7.00. The molecule has 0 rings (SSSR count). The zero-order valence-electron chi connectivity index (χ0n) is 5.57. The molecule has 0 radical (unpaired) electrons. The van der Waals surface area contributed by atoms with Crippen LogP contribution in [0.25, 0.3) is 0 Å². The van der Waals surface area contributed by atoms with Crippen molar-refractivity contribution in [1.29, 1.82) is 0 Å². The van der Waals surface area contributed by atoms with E-state index in [1.165, 1.54) is 6.42 Å². The predicted molar refractivity (Wildman–Crippen MR) is 34.0 cm³/mol. The summed E-state index contributed by atoms with van der Waals surface area (Å²) in [6, 6.07) is 0. The van der Waals surface area contributed by atoms with Crippen molar-refractivity contribution in [2.24, 2.45) is 11.8 Å². The monoisotopic (exact) mass is 99.1 g/mol. The molecule has 0 N–H and O–H groups in total. The summed E-state index contributed by atoms with van der Waals surface area (Å²) in [5.41, 5.74) is 0. The standard InChI is InChI=1S/C7H15/c1-5-7(4)6(2)3/h6-7H,4-5H2,1-3H3/q-1. The lowest BCUT2D eigenvalue weighted by molar-refractivity contribution is 0.449. The molecule has 0 aliphatic carbocycles. The maximum absolute atomic E-state index is 3.96. The third-order valence-electron chi connectivity index (χ3n) is 1.47. The highest BCUT2D eigenvalue weighted by Crippen LogP contribution is 2.11. The summed E-state index contributed by atoms with van der Waals surface area (Å²) in [5.74, 6) is 1.41. The lowest BCUT2D eigenvalue weighted by Crippen LogP contribution is -2.00. The van der Waals surface area contributed by atoms with Crippen LogP contribution in [-0.2, 0) is 0 Å². The Hall–Kier alpha value is 0. The van der Waals surface area contributed by atoms with E-state index in [1.54, 1.807) is 0 Å². The van der Waals surface area contributed by atoms with Crippen molar-refractivity contribution in [3.05, 3.63) is 6.92 Å². The third-order valence-corrected chi connectivity index (χ3v) is 1.47. The smallest absolute Gasteiger partial charge is 0.0650 e. The molecule has 0 amide bonds. The molecule has 0 spiro atoms. The van der Waals surface area contributed by atoms with Crippen molar-refractivity contribution in [3.63, 3.8) is 0 Å². The molecule has 0 saturated heterocycles. The van der Waals surface area contributed by atoms with Crippen molar-refractivity contribution in [2.45, 2.75) is 27.2 Å². The Labute approximate surface area is 46.9 Å². The van der Waals surface area contributed by atoms with E-state index in [0.29, 0.717) is 5.92 Å². The van der Waals surface area contributed by atoms with Gasteiger partial charge < -0.3 is 6.92 Å². The van der Waals surface area contributed by atoms with Gasteiger partial charge in [0.25, 0.3) is 0 Å². The van der Waals surface area contributed by atoms with Crippen LogP contribution < -0.4 is 0 Å². The van der Waals surface area contributed by atoms with Gasteiger partial charge in [-0.2, -0.15) is 5.92 Å². The summed E-state index contributed by atoms with van der Waals surface area (Å²) in [4.78, 5) is 0. The highest BCUT2D eigenvalue weighted by atomic mass is 14.1. The first-order valence-electron chi connectivity index (χ1n) is 3.01. The number of hydrogen-bond donors (Lipinski definition) is 0. The Bertz CT molecular complexity index is 37.3. The Morgan fingerprint density at radius 1 is 1.43 bits per heavy atom. The Morgan fingerprint density at radius 3 is 1.86 bits per heavy atom. The minimum atomic E-state index is 0.653. The van der Waals surface area contributed by atoms with Crippen molar-refractivity contribution in [3.8, 4) is 0 Å². The summed E-state index contributed by atoms with van der Waals surface area (Å²) in [5, 5.41) is 0. The van der Waals surface area contributed by atoms with E-state index < -0.39 is 0 Å². The van der Waals surface area contributed by atoms with Crippen LogP contribution in [0.15, 0.2) is 0 Å². The summed E-state index contributed by atoms with van der Waals surface area (Å²) in [7, 11) is 0. The van der Waals surface area contributed by atoms with Crippen LogP contribution in [0.2, 0.25) is 0 Å². The van der Waals surface area contributed by atoms with E-state index in [0.717, 1.165) is 5.92 Å². The van der Waals surface area contributed by atoms with Crippen LogP contribution >= 0.6 is 0 Å².